The summed E-state index contributed by atoms with van der Waals surface area (Å²) in [5.74, 6) is 0.936. The molecule has 102 valence electrons. The van der Waals surface area contributed by atoms with Crippen molar-refractivity contribution in [3.8, 4) is 0 Å². The number of rotatable bonds is 8. The summed E-state index contributed by atoms with van der Waals surface area (Å²) in [7, 11) is 2.17. The van der Waals surface area contributed by atoms with E-state index in [0.29, 0.717) is 6.04 Å². The van der Waals surface area contributed by atoms with E-state index in [-0.39, 0.29) is 0 Å². The summed E-state index contributed by atoms with van der Waals surface area (Å²) in [4.78, 5) is 10.9. The van der Waals surface area contributed by atoms with Crippen molar-refractivity contribution in [2.75, 3.05) is 25.5 Å². The van der Waals surface area contributed by atoms with Crippen LogP contribution in [0.1, 0.15) is 39.3 Å². The Morgan fingerprint density at radius 1 is 1.33 bits per heavy atom. The summed E-state index contributed by atoms with van der Waals surface area (Å²) in [5.41, 5.74) is 1.12. The molecule has 0 aliphatic heterocycles. The van der Waals surface area contributed by atoms with Crippen molar-refractivity contribution in [1.82, 2.24) is 14.9 Å². The summed E-state index contributed by atoms with van der Waals surface area (Å²) < 4.78 is 0. The first-order chi connectivity index (χ1) is 8.67. The van der Waals surface area contributed by atoms with Crippen LogP contribution < -0.4 is 5.32 Å². The van der Waals surface area contributed by atoms with E-state index < -0.39 is 0 Å². The van der Waals surface area contributed by atoms with Gasteiger partial charge in [0.1, 0.15) is 12.1 Å². The van der Waals surface area contributed by atoms with Gasteiger partial charge in [-0.1, -0.05) is 20.3 Å². The predicted molar refractivity (Wildman–Crippen MR) is 76.9 cm³/mol. The fourth-order valence-corrected chi connectivity index (χ4v) is 1.78. The second kappa shape index (κ2) is 8.03. The Labute approximate surface area is 111 Å². The Bertz CT molecular complexity index is 340. The molecular formula is C14H26N4. The molecule has 0 aromatic carbocycles. The fraction of sp³-hybridized carbons (Fsp3) is 0.714. The Kier molecular flexibility index (Phi) is 6.65. The smallest absolute Gasteiger partial charge is 0.129 e. The Morgan fingerprint density at radius 3 is 2.78 bits per heavy atom. The number of nitrogens with one attached hydrogen (secondary N) is 1. The first kappa shape index (κ1) is 14.9. The van der Waals surface area contributed by atoms with Gasteiger partial charge >= 0.3 is 0 Å². The van der Waals surface area contributed by atoms with Crippen LogP contribution in [0.5, 0.6) is 0 Å². The first-order valence-electron chi connectivity index (χ1n) is 6.92. The third kappa shape index (κ3) is 5.00. The zero-order valence-electron chi connectivity index (χ0n) is 12.1. The topological polar surface area (TPSA) is 41.0 Å². The van der Waals surface area contributed by atoms with Gasteiger partial charge in [0.15, 0.2) is 0 Å². The van der Waals surface area contributed by atoms with Crippen LogP contribution in [-0.4, -0.2) is 41.0 Å². The second-order valence-corrected chi connectivity index (χ2v) is 4.81. The molecule has 0 fully saturated rings. The molecule has 0 saturated heterocycles. The van der Waals surface area contributed by atoms with Crippen LogP contribution in [0.2, 0.25) is 0 Å². The van der Waals surface area contributed by atoms with Crippen LogP contribution in [0.15, 0.2) is 12.4 Å². The zero-order valence-corrected chi connectivity index (χ0v) is 12.1. The molecule has 4 heteroatoms. The Morgan fingerprint density at radius 2 is 2.11 bits per heavy atom. The molecule has 0 spiro atoms. The molecular weight excluding hydrogens is 224 g/mol. The molecule has 0 bridgehead atoms. The lowest BCUT2D eigenvalue weighted by atomic mass is 10.2. The molecule has 0 saturated carbocycles. The zero-order chi connectivity index (χ0) is 13.4. The minimum atomic E-state index is 0.632. The summed E-state index contributed by atoms with van der Waals surface area (Å²) in [6.07, 6.45) is 4.97. The highest BCUT2D eigenvalue weighted by molar-refractivity contribution is 5.34. The van der Waals surface area contributed by atoms with Gasteiger partial charge < -0.3 is 10.2 Å². The number of likely N-dealkylation sites (N-methyl/N-ethyl adjacent to an activating group) is 1. The van der Waals surface area contributed by atoms with Crippen LogP contribution in [-0.2, 0) is 6.42 Å². The van der Waals surface area contributed by atoms with Crippen LogP contribution in [0.4, 0.5) is 5.82 Å². The van der Waals surface area contributed by atoms with Crippen molar-refractivity contribution >= 4 is 5.82 Å². The molecule has 0 amide bonds. The fourth-order valence-electron chi connectivity index (χ4n) is 1.78. The Balaban J connectivity index is 2.37. The minimum Gasteiger partial charge on any atom is -0.369 e. The molecule has 1 N–H and O–H groups in total. The quantitative estimate of drug-likeness (QED) is 0.770. The molecule has 1 rings (SSSR count). The molecule has 1 aromatic heterocycles. The lowest BCUT2D eigenvalue weighted by Crippen LogP contribution is -2.32. The van der Waals surface area contributed by atoms with Gasteiger partial charge in [-0.25, -0.2) is 9.97 Å². The van der Waals surface area contributed by atoms with Crippen LogP contribution in [0, 0.1) is 0 Å². The standard InChI is InChI=1S/C14H26N4/c1-5-7-13-10-14(17-11-16-13)15-8-9-18(4)12(3)6-2/h10-12H,5-9H2,1-4H3,(H,15,16,17). The first-order valence-corrected chi connectivity index (χ1v) is 6.92. The van der Waals surface area contributed by atoms with Gasteiger partial charge in [0.05, 0.1) is 0 Å². The molecule has 4 nitrogen and oxygen atoms in total. The molecule has 18 heavy (non-hydrogen) atoms. The predicted octanol–water partition coefficient (Wildman–Crippen LogP) is 2.57. The average molecular weight is 250 g/mol. The third-order valence-corrected chi connectivity index (χ3v) is 3.34. The van der Waals surface area contributed by atoms with Gasteiger partial charge in [0.25, 0.3) is 0 Å². The SMILES string of the molecule is CCCc1cc(NCCN(C)C(C)CC)ncn1. The van der Waals surface area contributed by atoms with E-state index in [9.17, 15) is 0 Å². The molecule has 1 aromatic rings. The lowest BCUT2D eigenvalue weighted by Gasteiger charge is -2.23. The van der Waals surface area contributed by atoms with Crippen molar-refractivity contribution in [2.45, 2.75) is 46.1 Å². The van der Waals surface area contributed by atoms with Gasteiger partial charge in [-0.15, -0.1) is 0 Å². The largest absolute Gasteiger partial charge is 0.369 e. The van der Waals surface area contributed by atoms with E-state index in [1.165, 1.54) is 6.42 Å². The number of anilines is 1. The van der Waals surface area contributed by atoms with Gasteiger partial charge in [0.2, 0.25) is 0 Å². The number of nitrogens with zero attached hydrogens (tertiary/aromatic N) is 3. The molecule has 0 aliphatic carbocycles. The molecule has 1 unspecified atom stereocenters. The summed E-state index contributed by atoms with van der Waals surface area (Å²) in [6, 6.07) is 2.68. The van der Waals surface area contributed by atoms with E-state index in [0.717, 1.165) is 37.4 Å². The average Bonchev–Trinajstić information content (AvgIpc) is 2.38. The highest BCUT2D eigenvalue weighted by atomic mass is 15.1. The third-order valence-electron chi connectivity index (χ3n) is 3.34. The number of hydrogen-bond donors (Lipinski definition) is 1. The monoisotopic (exact) mass is 250 g/mol. The van der Waals surface area contributed by atoms with Crippen molar-refractivity contribution in [1.29, 1.82) is 0 Å². The van der Waals surface area contributed by atoms with E-state index in [4.69, 9.17) is 0 Å². The summed E-state index contributed by atoms with van der Waals surface area (Å²) >= 11 is 0. The van der Waals surface area contributed by atoms with Gasteiger partial charge in [-0.2, -0.15) is 0 Å². The number of aryl methyl sites for hydroxylation is 1. The van der Waals surface area contributed by atoms with Crippen LogP contribution >= 0.6 is 0 Å². The molecule has 1 atom stereocenters. The van der Waals surface area contributed by atoms with E-state index in [2.05, 4.69) is 48.0 Å². The van der Waals surface area contributed by atoms with Gasteiger partial charge in [0, 0.05) is 30.9 Å². The maximum Gasteiger partial charge on any atom is 0.129 e. The molecule has 0 radical (unpaired) electrons. The number of hydrogen-bond acceptors (Lipinski definition) is 4. The Hall–Kier alpha value is -1.16. The van der Waals surface area contributed by atoms with Crippen molar-refractivity contribution in [3.05, 3.63) is 18.1 Å². The maximum atomic E-state index is 4.25. The van der Waals surface area contributed by atoms with Crippen LogP contribution in [0.3, 0.4) is 0 Å². The lowest BCUT2D eigenvalue weighted by molar-refractivity contribution is 0.261. The van der Waals surface area contributed by atoms with Gasteiger partial charge in [-0.05, 0) is 26.8 Å². The minimum absolute atomic E-state index is 0.632. The summed E-state index contributed by atoms with van der Waals surface area (Å²) in [6.45, 7) is 8.59. The molecule has 1 heterocycles. The van der Waals surface area contributed by atoms with Gasteiger partial charge in [-0.3, -0.25) is 0 Å². The van der Waals surface area contributed by atoms with E-state index in [1.807, 2.05) is 6.07 Å². The number of aromatic nitrogens is 2. The van der Waals surface area contributed by atoms with E-state index >= 15 is 0 Å². The van der Waals surface area contributed by atoms with Crippen molar-refractivity contribution < 1.29 is 0 Å². The second-order valence-electron chi connectivity index (χ2n) is 4.81. The van der Waals surface area contributed by atoms with Crippen molar-refractivity contribution in [2.24, 2.45) is 0 Å². The maximum absolute atomic E-state index is 4.25. The highest BCUT2D eigenvalue weighted by Gasteiger charge is 2.05. The normalized spacial score (nSPS) is 12.7. The van der Waals surface area contributed by atoms with E-state index in [1.54, 1.807) is 6.33 Å². The molecule has 0 aliphatic rings. The van der Waals surface area contributed by atoms with Crippen LogP contribution in [0.25, 0.3) is 0 Å². The van der Waals surface area contributed by atoms with Crippen molar-refractivity contribution in [3.63, 3.8) is 0 Å². The summed E-state index contributed by atoms with van der Waals surface area (Å²) in [5, 5.41) is 3.36. The highest BCUT2D eigenvalue weighted by Crippen LogP contribution is 2.06.